The van der Waals surface area contributed by atoms with Gasteiger partial charge in [-0.1, -0.05) is 13.8 Å². The van der Waals surface area contributed by atoms with E-state index in [1.807, 2.05) is 0 Å². The zero-order chi connectivity index (χ0) is 16.2. The van der Waals surface area contributed by atoms with Crippen LogP contribution < -0.4 is 10.9 Å². The largest absolute Gasteiger partial charge is 0.480 e. The number of carbonyl (C=O) groups excluding carboxylic acids is 1. The molecule has 0 fully saturated rings. The summed E-state index contributed by atoms with van der Waals surface area (Å²) in [5, 5.41) is 21.8. The predicted octanol–water partition coefficient (Wildman–Crippen LogP) is -0.0181. The summed E-state index contributed by atoms with van der Waals surface area (Å²) >= 11 is 0. The van der Waals surface area contributed by atoms with Gasteiger partial charge in [-0.3, -0.25) is 24.3 Å². The van der Waals surface area contributed by atoms with Gasteiger partial charge in [-0.2, -0.15) is 0 Å². The van der Waals surface area contributed by atoms with Crippen LogP contribution in [-0.4, -0.2) is 32.5 Å². The number of hydrogen-bond acceptors (Lipinski definition) is 5. The lowest BCUT2D eigenvalue weighted by molar-refractivity contribution is -0.385. The Morgan fingerprint density at radius 1 is 1.43 bits per heavy atom. The van der Waals surface area contributed by atoms with Crippen molar-refractivity contribution in [3.8, 4) is 0 Å². The molecule has 1 heterocycles. The van der Waals surface area contributed by atoms with Gasteiger partial charge in [0.05, 0.1) is 11.1 Å². The molecule has 0 aromatic carbocycles. The topological polar surface area (TPSA) is 132 Å². The molecule has 21 heavy (non-hydrogen) atoms. The van der Waals surface area contributed by atoms with Crippen molar-refractivity contribution in [2.24, 2.45) is 5.92 Å². The summed E-state index contributed by atoms with van der Waals surface area (Å²) in [6, 6.07) is 0.917. The van der Waals surface area contributed by atoms with Crippen molar-refractivity contribution < 1.29 is 19.6 Å². The highest BCUT2D eigenvalue weighted by Gasteiger charge is 2.23. The first kappa shape index (κ1) is 16.3. The lowest BCUT2D eigenvalue weighted by Crippen LogP contribution is -2.46. The van der Waals surface area contributed by atoms with Crippen LogP contribution in [0, 0.1) is 16.0 Å². The van der Waals surface area contributed by atoms with Crippen molar-refractivity contribution in [2.75, 3.05) is 0 Å². The number of aliphatic carboxylic acids is 1. The highest BCUT2D eigenvalue weighted by Crippen LogP contribution is 2.06. The van der Waals surface area contributed by atoms with E-state index in [2.05, 4.69) is 5.32 Å². The Morgan fingerprint density at radius 3 is 2.52 bits per heavy atom. The van der Waals surface area contributed by atoms with Gasteiger partial charge in [0, 0.05) is 12.1 Å². The highest BCUT2D eigenvalue weighted by atomic mass is 16.6. The number of pyridine rings is 1. The number of hydrogen-bond donors (Lipinski definition) is 2. The third-order valence-electron chi connectivity index (χ3n) is 2.74. The van der Waals surface area contributed by atoms with Crippen LogP contribution in [0.2, 0.25) is 0 Å². The Balaban J connectivity index is 2.88. The van der Waals surface area contributed by atoms with Crippen LogP contribution in [-0.2, 0) is 16.1 Å². The first-order chi connectivity index (χ1) is 9.72. The number of carboxylic acids is 1. The molecular formula is C12H15N3O6. The lowest BCUT2D eigenvalue weighted by Gasteiger charge is -2.18. The van der Waals surface area contributed by atoms with Gasteiger partial charge in [-0.15, -0.1) is 0 Å². The molecular weight excluding hydrogens is 282 g/mol. The van der Waals surface area contributed by atoms with Crippen LogP contribution in [0.25, 0.3) is 0 Å². The smallest absolute Gasteiger partial charge is 0.326 e. The minimum absolute atomic E-state index is 0.332. The maximum Gasteiger partial charge on any atom is 0.326 e. The summed E-state index contributed by atoms with van der Waals surface area (Å²) in [5.74, 6) is -2.24. The second-order valence-corrected chi connectivity index (χ2v) is 4.74. The van der Waals surface area contributed by atoms with E-state index in [0.29, 0.717) is 0 Å². The summed E-state index contributed by atoms with van der Waals surface area (Å²) in [5.41, 5.74) is -0.923. The van der Waals surface area contributed by atoms with E-state index in [1.165, 1.54) is 0 Å². The maximum absolute atomic E-state index is 11.8. The maximum atomic E-state index is 11.8. The van der Waals surface area contributed by atoms with E-state index in [4.69, 9.17) is 5.11 Å². The normalized spacial score (nSPS) is 12.0. The zero-order valence-corrected chi connectivity index (χ0v) is 11.5. The average molecular weight is 297 g/mol. The van der Waals surface area contributed by atoms with Crippen molar-refractivity contribution in [2.45, 2.75) is 26.4 Å². The third-order valence-corrected chi connectivity index (χ3v) is 2.74. The van der Waals surface area contributed by atoms with E-state index in [9.17, 15) is 24.5 Å². The van der Waals surface area contributed by atoms with Crippen molar-refractivity contribution in [1.82, 2.24) is 9.88 Å². The molecule has 9 nitrogen and oxygen atoms in total. The molecule has 0 aliphatic rings. The second kappa shape index (κ2) is 6.64. The van der Waals surface area contributed by atoms with Gasteiger partial charge in [-0.25, -0.2) is 4.79 Å². The fraction of sp³-hybridized carbons (Fsp3) is 0.417. The van der Waals surface area contributed by atoms with Gasteiger partial charge in [0.15, 0.2) is 0 Å². The Morgan fingerprint density at radius 2 is 2.05 bits per heavy atom. The molecule has 0 saturated carbocycles. The van der Waals surface area contributed by atoms with Crippen LogP contribution in [0.15, 0.2) is 23.1 Å². The van der Waals surface area contributed by atoms with Crippen LogP contribution >= 0.6 is 0 Å². The van der Waals surface area contributed by atoms with E-state index >= 15 is 0 Å². The number of aromatic nitrogens is 1. The SMILES string of the molecule is CC(C)[C@H](NC(=O)Cn1cc([N+](=O)[O-])ccc1=O)C(=O)O. The van der Waals surface area contributed by atoms with Crippen LogP contribution in [0.1, 0.15) is 13.8 Å². The Kier molecular flexibility index (Phi) is 5.17. The van der Waals surface area contributed by atoms with Crippen molar-refractivity contribution in [1.29, 1.82) is 0 Å². The molecule has 0 radical (unpaired) electrons. The molecule has 0 saturated heterocycles. The van der Waals surface area contributed by atoms with Crippen LogP contribution in [0.3, 0.4) is 0 Å². The molecule has 114 valence electrons. The van der Waals surface area contributed by atoms with Crippen molar-refractivity contribution in [3.63, 3.8) is 0 Å². The lowest BCUT2D eigenvalue weighted by atomic mass is 10.1. The monoisotopic (exact) mass is 297 g/mol. The molecule has 1 rings (SSSR count). The predicted molar refractivity (Wildman–Crippen MR) is 71.8 cm³/mol. The highest BCUT2D eigenvalue weighted by molar-refractivity contribution is 5.83. The van der Waals surface area contributed by atoms with Gasteiger partial charge in [-0.05, 0) is 5.92 Å². The van der Waals surface area contributed by atoms with Crippen LogP contribution in [0.4, 0.5) is 5.69 Å². The first-order valence-corrected chi connectivity index (χ1v) is 6.09. The van der Waals surface area contributed by atoms with E-state index in [1.54, 1.807) is 13.8 Å². The summed E-state index contributed by atoms with van der Waals surface area (Å²) in [6.45, 7) is 2.76. The quantitative estimate of drug-likeness (QED) is 0.560. The fourth-order valence-electron chi connectivity index (χ4n) is 1.64. The van der Waals surface area contributed by atoms with E-state index < -0.39 is 34.9 Å². The molecule has 0 unspecified atom stereocenters. The summed E-state index contributed by atoms with van der Waals surface area (Å²) in [6.07, 6.45) is 0.938. The minimum atomic E-state index is -1.19. The second-order valence-electron chi connectivity index (χ2n) is 4.74. The molecule has 1 aromatic heterocycles. The molecule has 0 aliphatic carbocycles. The summed E-state index contributed by atoms with van der Waals surface area (Å²) < 4.78 is 0.854. The average Bonchev–Trinajstić information content (AvgIpc) is 2.37. The molecule has 1 atom stereocenters. The van der Waals surface area contributed by atoms with Crippen LogP contribution in [0.5, 0.6) is 0 Å². The van der Waals surface area contributed by atoms with Crippen molar-refractivity contribution >= 4 is 17.6 Å². The standard InChI is InChI=1S/C12H15N3O6/c1-7(2)11(12(18)19)13-9(16)6-14-5-8(15(20)21)3-4-10(14)17/h3-5,7,11H,6H2,1-2H3,(H,13,16)(H,18,19)/t11-/m0/s1. The molecule has 1 aromatic rings. The molecule has 0 bridgehead atoms. The van der Waals surface area contributed by atoms with Gasteiger partial charge >= 0.3 is 5.97 Å². The number of rotatable bonds is 6. The number of nitro groups is 1. The number of amides is 1. The number of nitrogens with one attached hydrogen (secondary N) is 1. The fourth-order valence-corrected chi connectivity index (χ4v) is 1.64. The zero-order valence-electron chi connectivity index (χ0n) is 11.5. The van der Waals surface area contributed by atoms with Crippen molar-refractivity contribution in [3.05, 3.63) is 38.8 Å². The molecule has 0 aliphatic heterocycles. The summed E-state index contributed by atoms with van der Waals surface area (Å²) in [4.78, 5) is 44.2. The van der Waals surface area contributed by atoms with Gasteiger partial charge in [0.1, 0.15) is 12.6 Å². The molecule has 9 heteroatoms. The van der Waals surface area contributed by atoms with Gasteiger partial charge in [0.2, 0.25) is 5.91 Å². The Hall–Kier alpha value is -2.71. The molecule has 1 amide bonds. The molecule has 2 N–H and O–H groups in total. The van der Waals surface area contributed by atoms with Gasteiger partial charge < -0.3 is 10.4 Å². The number of carboxylic acid groups (broad SMARTS) is 1. The van der Waals surface area contributed by atoms with E-state index in [-0.39, 0.29) is 11.6 Å². The number of carbonyl (C=O) groups is 2. The molecule has 0 spiro atoms. The third kappa shape index (κ3) is 4.41. The summed E-state index contributed by atoms with van der Waals surface area (Å²) in [7, 11) is 0. The minimum Gasteiger partial charge on any atom is -0.480 e. The van der Waals surface area contributed by atoms with E-state index in [0.717, 1.165) is 22.9 Å². The first-order valence-electron chi connectivity index (χ1n) is 6.09. The number of nitrogens with zero attached hydrogens (tertiary/aromatic N) is 2. The Labute approximate surface area is 119 Å². The van der Waals surface area contributed by atoms with Gasteiger partial charge in [0.25, 0.3) is 11.2 Å². The Bertz CT molecular complexity index is 622.